The van der Waals surface area contributed by atoms with Crippen LogP contribution in [0.5, 0.6) is 5.75 Å². The van der Waals surface area contributed by atoms with E-state index in [0.29, 0.717) is 0 Å². The number of nitrogen functional groups attached to an aromatic ring is 1. The number of rotatable bonds is 4. The molecule has 1 aliphatic carbocycles. The van der Waals surface area contributed by atoms with Crippen LogP contribution in [0.25, 0.3) is 0 Å². The van der Waals surface area contributed by atoms with Crippen LogP contribution in [-0.2, 0) is 11.4 Å². The third kappa shape index (κ3) is 4.12. The van der Waals surface area contributed by atoms with E-state index in [1.807, 2.05) is 32.9 Å². The fourth-order valence-corrected chi connectivity index (χ4v) is 4.33. The van der Waals surface area contributed by atoms with Gasteiger partial charge in [0, 0.05) is 22.9 Å². The predicted molar refractivity (Wildman–Crippen MR) is 119 cm³/mol. The first-order valence-corrected chi connectivity index (χ1v) is 10.5. The van der Waals surface area contributed by atoms with E-state index in [-0.39, 0.29) is 76.1 Å². The molecule has 4 rings (SSSR count). The van der Waals surface area contributed by atoms with E-state index in [1.165, 1.54) is 6.07 Å². The number of carbonyl (C=O) groups excluding carboxylic acids is 2. The molecule has 0 radical (unpaired) electrons. The second-order valence-corrected chi connectivity index (χ2v) is 8.05. The average molecular weight is 459 g/mol. The molecule has 0 aliphatic heterocycles. The summed E-state index contributed by atoms with van der Waals surface area (Å²) in [4.78, 5) is 26.6. The second-order valence-electron chi connectivity index (χ2n) is 7.48. The molecule has 3 aromatic carbocycles. The Morgan fingerprint density at radius 1 is 0.969 bits per heavy atom. The van der Waals surface area contributed by atoms with E-state index in [0.717, 1.165) is 22.4 Å². The number of fused-ring (bicyclic) bond motifs is 2. The molecule has 1 atom stereocenters. The van der Waals surface area contributed by atoms with E-state index in [4.69, 9.17) is 9.92 Å². The van der Waals surface area contributed by atoms with Crippen LogP contribution in [0.1, 0.15) is 50.0 Å². The van der Waals surface area contributed by atoms with Crippen molar-refractivity contribution < 1.29 is 53.5 Å². The first-order chi connectivity index (χ1) is 14.7. The number of anilines is 3. The third-order valence-electron chi connectivity index (χ3n) is 5.29. The summed E-state index contributed by atoms with van der Waals surface area (Å²) < 4.78 is 27.2. The largest absolute Gasteiger partial charge is 1.00 e. The molecule has 3 N–H and O–H groups in total. The van der Waals surface area contributed by atoms with E-state index >= 15 is 0 Å². The minimum absolute atomic E-state index is 0. The maximum Gasteiger partial charge on any atom is 1.00 e. The number of carbonyl (C=O) groups is 2. The summed E-state index contributed by atoms with van der Waals surface area (Å²) in [5.41, 5.74) is 10.3. The molecule has 3 aromatic rings. The van der Waals surface area contributed by atoms with Gasteiger partial charge < -0.3 is 21.2 Å². The fourth-order valence-electron chi connectivity index (χ4n) is 4.05. The van der Waals surface area contributed by atoms with Gasteiger partial charge in [0.05, 0.1) is 22.5 Å². The van der Waals surface area contributed by atoms with Gasteiger partial charge in [-0.25, -0.2) is 4.21 Å². The van der Waals surface area contributed by atoms with Gasteiger partial charge in [0.1, 0.15) is 11.4 Å². The molecule has 32 heavy (non-hydrogen) atoms. The van der Waals surface area contributed by atoms with E-state index in [2.05, 4.69) is 5.32 Å². The molecule has 0 saturated heterocycles. The summed E-state index contributed by atoms with van der Waals surface area (Å²) in [6, 6.07) is 11.7. The Kier molecular flexibility index (Phi) is 6.92. The zero-order valence-corrected chi connectivity index (χ0v) is 20.9. The molecule has 0 heterocycles. The first kappa shape index (κ1) is 24.2. The second kappa shape index (κ2) is 9.17. The predicted octanol–water partition coefficient (Wildman–Crippen LogP) is 1.00. The van der Waals surface area contributed by atoms with Crippen LogP contribution < -0.4 is 44.8 Å². The van der Waals surface area contributed by atoms with Crippen molar-refractivity contribution in [2.24, 2.45) is 0 Å². The number of benzene rings is 3. The van der Waals surface area contributed by atoms with Crippen LogP contribution >= 0.6 is 0 Å². The average Bonchev–Trinajstić information content (AvgIpc) is 2.70. The number of hydrogen-bond acceptors (Lipinski definition) is 7. The van der Waals surface area contributed by atoms with Crippen molar-refractivity contribution in [1.82, 2.24) is 0 Å². The van der Waals surface area contributed by atoms with Gasteiger partial charge in [-0.1, -0.05) is 42.0 Å². The summed E-state index contributed by atoms with van der Waals surface area (Å²) in [5.74, 6) is -1.07. The number of hydrogen-bond donors (Lipinski definition) is 2. The Labute approximate surface area is 211 Å². The number of nitrogens with two attached hydrogens (primary N) is 1. The van der Waals surface area contributed by atoms with Gasteiger partial charge in [-0.05, 0) is 31.9 Å². The van der Waals surface area contributed by atoms with E-state index < -0.39 is 17.1 Å². The van der Waals surface area contributed by atoms with Crippen molar-refractivity contribution in [3.8, 4) is 5.75 Å². The SMILES string of the molecule is Cc1cc(C)c(Nc2cc(OS(=O)[O-])c(N)c3c2C(=O)c2ccccc2C3=O)c(C)c1.[H-].[Na+]. The molecule has 0 spiro atoms. The standard InChI is InChI=1S/C23H20N2O5S.Na.H/c1-11-8-12(2)21(13(3)9-11)25-16-10-17(30-31(28)29)20(24)19-18(16)22(26)14-6-4-5-7-15(14)23(19)27;;/h4-10,25H,24H2,1-3H3,(H,28,29);;/q;+1;-1/p-1. The summed E-state index contributed by atoms with van der Waals surface area (Å²) in [6.07, 6.45) is 0. The molecule has 0 saturated carbocycles. The number of aryl methyl sites for hydroxylation is 3. The van der Waals surface area contributed by atoms with Gasteiger partial charge in [-0.2, -0.15) is 0 Å². The summed E-state index contributed by atoms with van der Waals surface area (Å²) in [7, 11) is 0. The van der Waals surface area contributed by atoms with Crippen LogP contribution in [0.3, 0.4) is 0 Å². The van der Waals surface area contributed by atoms with Gasteiger partial charge in [0.2, 0.25) is 0 Å². The molecule has 160 valence electrons. The molecule has 9 heteroatoms. The summed E-state index contributed by atoms with van der Waals surface area (Å²) in [5, 5.41) is 3.21. The monoisotopic (exact) mass is 459 g/mol. The van der Waals surface area contributed by atoms with Crippen LogP contribution in [0.2, 0.25) is 0 Å². The zero-order chi connectivity index (χ0) is 22.4. The maximum absolute atomic E-state index is 13.4. The van der Waals surface area contributed by atoms with Gasteiger partial charge in [0.25, 0.3) is 0 Å². The minimum Gasteiger partial charge on any atom is -1.00 e. The van der Waals surface area contributed by atoms with Crippen molar-refractivity contribution >= 4 is 40.0 Å². The number of nitrogens with one attached hydrogen (secondary N) is 1. The Hall–Kier alpha value is -2.49. The van der Waals surface area contributed by atoms with Crippen LogP contribution in [-0.4, -0.2) is 20.3 Å². The third-order valence-corrected chi connectivity index (χ3v) is 5.61. The minimum atomic E-state index is -2.91. The molecule has 0 fully saturated rings. The summed E-state index contributed by atoms with van der Waals surface area (Å²) >= 11 is -2.91. The smallest absolute Gasteiger partial charge is 1.00 e. The quantitative estimate of drug-likeness (QED) is 0.265. The van der Waals surface area contributed by atoms with Crippen molar-refractivity contribution in [2.45, 2.75) is 20.8 Å². The fraction of sp³-hybridized carbons (Fsp3) is 0.130. The van der Waals surface area contributed by atoms with Gasteiger partial charge >= 0.3 is 29.6 Å². The van der Waals surface area contributed by atoms with Crippen LogP contribution in [0.4, 0.5) is 17.1 Å². The first-order valence-electron chi connectivity index (χ1n) is 9.46. The van der Waals surface area contributed by atoms with Crippen molar-refractivity contribution in [3.63, 3.8) is 0 Å². The topological polar surface area (TPSA) is 122 Å². The Bertz CT molecular complexity index is 1290. The zero-order valence-electron chi connectivity index (χ0n) is 19.1. The van der Waals surface area contributed by atoms with Gasteiger partial charge in [0.15, 0.2) is 17.3 Å². The van der Waals surface area contributed by atoms with Crippen LogP contribution in [0.15, 0.2) is 42.5 Å². The van der Waals surface area contributed by atoms with E-state index in [9.17, 15) is 18.4 Å². The molecular weight excluding hydrogens is 439 g/mol. The maximum atomic E-state index is 13.4. The molecule has 0 bridgehead atoms. The van der Waals surface area contributed by atoms with E-state index in [1.54, 1.807) is 24.3 Å². The van der Waals surface area contributed by atoms with Crippen molar-refractivity contribution in [2.75, 3.05) is 11.1 Å². The Morgan fingerprint density at radius 3 is 2.03 bits per heavy atom. The molecule has 1 unspecified atom stereocenters. The van der Waals surface area contributed by atoms with Crippen molar-refractivity contribution in [1.29, 1.82) is 0 Å². The Balaban J connectivity index is 0.00000193. The number of ketones is 2. The normalized spacial score (nSPS) is 13.0. The molecular formula is C23H20N2NaO5S-. The van der Waals surface area contributed by atoms with Gasteiger partial charge in [-0.3, -0.25) is 9.59 Å². The molecule has 0 amide bonds. The molecule has 0 aromatic heterocycles. The molecule has 7 nitrogen and oxygen atoms in total. The molecule has 1 aliphatic rings. The van der Waals surface area contributed by atoms with Gasteiger partial charge in [-0.15, -0.1) is 0 Å². The summed E-state index contributed by atoms with van der Waals surface area (Å²) in [6.45, 7) is 5.81. The van der Waals surface area contributed by atoms with Crippen LogP contribution in [0, 0.1) is 20.8 Å². The van der Waals surface area contributed by atoms with Crippen molar-refractivity contribution in [3.05, 3.63) is 81.4 Å². The Morgan fingerprint density at radius 2 is 1.50 bits per heavy atom.